The molecule has 3 nitrogen and oxygen atoms in total. The van der Waals surface area contributed by atoms with E-state index in [4.69, 9.17) is 0 Å². The zero-order valence-electron chi connectivity index (χ0n) is 8.50. The highest BCUT2D eigenvalue weighted by Gasteiger charge is 2.12. The lowest BCUT2D eigenvalue weighted by atomic mass is 10.3. The highest BCUT2D eigenvalue weighted by atomic mass is 15.2. The first-order valence-electron chi connectivity index (χ1n) is 4.92. The standard InChI is InChI=1S/C10H19N3/c1-3-11-5-4-6-13-9-7-12(2)8-10-13/h1,4-10H2,2H3. The van der Waals surface area contributed by atoms with Gasteiger partial charge in [-0.25, -0.2) is 4.99 Å². The lowest BCUT2D eigenvalue weighted by molar-refractivity contribution is 0.153. The van der Waals surface area contributed by atoms with Gasteiger partial charge in [0.05, 0.1) is 0 Å². The minimum absolute atomic E-state index is 0.871. The van der Waals surface area contributed by atoms with Gasteiger partial charge in [0.25, 0.3) is 0 Å². The third-order valence-corrected chi connectivity index (χ3v) is 2.45. The normalized spacial score (nSPS) is 19.8. The van der Waals surface area contributed by atoms with Crippen LogP contribution in [0.5, 0.6) is 0 Å². The fourth-order valence-electron chi connectivity index (χ4n) is 1.52. The Balaban J connectivity index is 2.05. The number of nitrogens with zero attached hydrogens (tertiary/aromatic N) is 3. The van der Waals surface area contributed by atoms with Crippen LogP contribution >= 0.6 is 0 Å². The molecule has 0 unspecified atom stereocenters. The van der Waals surface area contributed by atoms with Crippen LogP contribution in [0.1, 0.15) is 6.42 Å². The topological polar surface area (TPSA) is 18.8 Å². The summed E-state index contributed by atoms with van der Waals surface area (Å²) < 4.78 is 0. The highest BCUT2D eigenvalue weighted by molar-refractivity contribution is 5.46. The van der Waals surface area contributed by atoms with Crippen LogP contribution in [0.25, 0.3) is 0 Å². The van der Waals surface area contributed by atoms with Crippen LogP contribution in [-0.4, -0.2) is 62.0 Å². The van der Waals surface area contributed by atoms with Gasteiger partial charge in [0.2, 0.25) is 0 Å². The Morgan fingerprint density at radius 2 is 2.00 bits per heavy atom. The van der Waals surface area contributed by atoms with Gasteiger partial charge in [-0.3, -0.25) is 0 Å². The molecule has 1 saturated heterocycles. The largest absolute Gasteiger partial charge is 0.304 e. The Labute approximate surface area is 80.7 Å². The van der Waals surface area contributed by atoms with Gasteiger partial charge in [-0.05, 0) is 25.9 Å². The van der Waals surface area contributed by atoms with Crippen LogP contribution in [0.2, 0.25) is 0 Å². The van der Waals surface area contributed by atoms with Crippen molar-refractivity contribution in [2.45, 2.75) is 6.42 Å². The second-order valence-electron chi connectivity index (χ2n) is 3.54. The van der Waals surface area contributed by atoms with E-state index in [1.807, 2.05) is 0 Å². The SMILES string of the molecule is C=C=NCCCN1CCN(C)CC1. The molecule has 74 valence electrons. The second kappa shape index (κ2) is 5.92. The molecule has 13 heavy (non-hydrogen) atoms. The lowest BCUT2D eigenvalue weighted by Gasteiger charge is -2.32. The molecule has 0 spiro atoms. The smallest absolute Gasteiger partial charge is 0.0495 e. The van der Waals surface area contributed by atoms with Gasteiger partial charge in [0.1, 0.15) is 0 Å². The Kier molecular flexibility index (Phi) is 4.76. The minimum Gasteiger partial charge on any atom is -0.304 e. The van der Waals surface area contributed by atoms with E-state index in [2.05, 4.69) is 34.3 Å². The molecule has 3 heteroatoms. The van der Waals surface area contributed by atoms with Crippen LogP contribution in [0.4, 0.5) is 0 Å². The van der Waals surface area contributed by atoms with E-state index in [9.17, 15) is 0 Å². The van der Waals surface area contributed by atoms with Gasteiger partial charge in [0, 0.05) is 39.3 Å². The molecule has 0 N–H and O–H groups in total. The first kappa shape index (κ1) is 10.5. The summed E-state index contributed by atoms with van der Waals surface area (Å²) in [5, 5.41) is 0. The van der Waals surface area contributed by atoms with E-state index in [1.165, 1.54) is 32.7 Å². The van der Waals surface area contributed by atoms with Crippen LogP contribution < -0.4 is 0 Å². The average Bonchev–Trinajstić information content (AvgIpc) is 2.15. The fraction of sp³-hybridized carbons (Fsp3) is 0.800. The van der Waals surface area contributed by atoms with Crippen LogP contribution in [0.15, 0.2) is 11.6 Å². The van der Waals surface area contributed by atoms with Crippen LogP contribution in [0, 0.1) is 0 Å². The Hall–Kier alpha value is -0.630. The number of aliphatic imine (C=N–C) groups is 1. The summed E-state index contributed by atoms with van der Waals surface area (Å²) >= 11 is 0. The number of hydrogen-bond donors (Lipinski definition) is 0. The summed E-state index contributed by atoms with van der Waals surface area (Å²) in [7, 11) is 2.18. The quantitative estimate of drug-likeness (QED) is 0.464. The molecule has 0 aromatic heterocycles. The van der Waals surface area contributed by atoms with Crippen LogP contribution in [0.3, 0.4) is 0 Å². The molecule has 1 aliphatic heterocycles. The molecule has 0 atom stereocenters. The maximum absolute atomic E-state index is 3.97. The molecular formula is C10H19N3. The van der Waals surface area contributed by atoms with Gasteiger partial charge in [-0.1, -0.05) is 0 Å². The first-order valence-corrected chi connectivity index (χ1v) is 4.92. The summed E-state index contributed by atoms with van der Waals surface area (Å²) in [6.07, 6.45) is 1.13. The molecule has 0 aromatic carbocycles. The van der Waals surface area contributed by atoms with E-state index >= 15 is 0 Å². The zero-order valence-corrected chi connectivity index (χ0v) is 8.50. The number of hydrogen-bond acceptors (Lipinski definition) is 3. The molecule has 0 aliphatic carbocycles. The molecular weight excluding hydrogens is 162 g/mol. The molecule has 0 amide bonds. The summed E-state index contributed by atoms with van der Waals surface area (Å²) in [4.78, 5) is 8.84. The summed E-state index contributed by atoms with van der Waals surface area (Å²) in [6.45, 7) is 10.3. The van der Waals surface area contributed by atoms with Crippen molar-refractivity contribution >= 4 is 5.87 Å². The van der Waals surface area contributed by atoms with Gasteiger partial charge < -0.3 is 9.80 Å². The molecule has 0 radical (unpaired) electrons. The van der Waals surface area contributed by atoms with Crippen molar-refractivity contribution in [2.75, 3.05) is 46.3 Å². The van der Waals surface area contributed by atoms with Gasteiger partial charge in [-0.2, -0.15) is 0 Å². The lowest BCUT2D eigenvalue weighted by Crippen LogP contribution is -2.44. The van der Waals surface area contributed by atoms with E-state index < -0.39 is 0 Å². The van der Waals surface area contributed by atoms with Gasteiger partial charge in [0.15, 0.2) is 0 Å². The summed E-state index contributed by atoms with van der Waals surface area (Å²) in [5.74, 6) is 2.56. The van der Waals surface area contributed by atoms with Crippen LogP contribution in [-0.2, 0) is 0 Å². The zero-order chi connectivity index (χ0) is 9.52. The highest BCUT2D eigenvalue weighted by Crippen LogP contribution is 1.99. The van der Waals surface area contributed by atoms with Gasteiger partial charge in [-0.15, -0.1) is 0 Å². The third-order valence-electron chi connectivity index (χ3n) is 2.45. The first-order chi connectivity index (χ1) is 6.33. The monoisotopic (exact) mass is 181 g/mol. The molecule has 0 saturated carbocycles. The van der Waals surface area contributed by atoms with E-state index in [-0.39, 0.29) is 0 Å². The molecule has 1 fully saturated rings. The Bertz CT molecular complexity index is 177. The predicted octanol–water partition coefficient (Wildman–Crippen LogP) is 0.480. The Morgan fingerprint density at radius 3 is 2.62 bits per heavy atom. The van der Waals surface area contributed by atoms with Crippen molar-refractivity contribution in [3.63, 3.8) is 0 Å². The number of rotatable bonds is 4. The van der Waals surface area contributed by atoms with Crippen molar-refractivity contribution in [3.05, 3.63) is 6.58 Å². The molecule has 1 rings (SSSR count). The second-order valence-corrected chi connectivity index (χ2v) is 3.54. The van der Waals surface area contributed by atoms with E-state index in [0.29, 0.717) is 0 Å². The maximum Gasteiger partial charge on any atom is 0.0495 e. The minimum atomic E-state index is 0.871. The number of piperazine rings is 1. The number of likely N-dealkylation sites (N-methyl/N-ethyl adjacent to an activating group) is 1. The Morgan fingerprint density at radius 1 is 1.31 bits per heavy atom. The van der Waals surface area contributed by atoms with Crippen molar-refractivity contribution in [2.24, 2.45) is 4.99 Å². The van der Waals surface area contributed by atoms with E-state index in [1.54, 1.807) is 0 Å². The fourth-order valence-corrected chi connectivity index (χ4v) is 1.52. The predicted molar refractivity (Wildman–Crippen MR) is 56.5 cm³/mol. The molecule has 1 heterocycles. The van der Waals surface area contributed by atoms with Crippen molar-refractivity contribution in [1.82, 2.24) is 9.80 Å². The molecule has 0 bridgehead atoms. The average molecular weight is 181 g/mol. The molecule has 1 aliphatic rings. The van der Waals surface area contributed by atoms with Crippen molar-refractivity contribution in [3.8, 4) is 0 Å². The van der Waals surface area contributed by atoms with Gasteiger partial charge >= 0.3 is 0 Å². The summed E-state index contributed by atoms with van der Waals surface area (Å²) in [6, 6.07) is 0. The van der Waals surface area contributed by atoms with E-state index in [0.717, 1.165) is 13.0 Å². The maximum atomic E-state index is 3.97. The van der Waals surface area contributed by atoms with Crippen molar-refractivity contribution in [1.29, 1.82) is 0 Å². The summed E-state index contributed by atoms with van der Waals surface area (Å²) in [5.41, 5.74) is 0. The molecule has 0 aromatic rings. The third kappa shape index (κ3) is 4.23. The van der Waals surface area contributed by atoms with Crippen molar-refractivity contribution < 1.29 is 0 Å².